The molecule has 1 aliphatic heterocycles. The topological polar surface area (TPSA) is 41.3 Å². The van der Waals surface area contributed by atoms with Crippen LogP contribution in [-0.2, 0) is 0 Å². The number of hydrogen-bond donors (Lipinski definition) is 2. The summed E-state index contributed by atoms with van der Waals surface area (Å²) in [7, 11) is 0. The largest absolute Gasteiger partial charge is 0.329 e. The van der Waals surface area contributed by atoms with Crippen LogP contribution in [0, 0.1) is 12.3 Å². The Morgan fingerprint density at radius 2 is 2.18 bits per heavy atom. The van der Waals surface area contributed by atoms with Crippen LogP contribution in [0.2, 0.25) is 0 Å². The highest BCUT2D eigenvalue weighted by atomic mass is 15.2. The average Bonchev–Trinajstić information content (AvgIpc) is 2.53. The van der Waals surface area contributed by atoms with Crippen LogP contribution in [0.25, 0.3) is 0 Å². The minimum Gasteiger partial charge on any atom is -0.329 e. The number of nitrogens with two attached hydrogens (primary N) is 1. The van der Waals surface area contributed by atoms with E-state index in [0.717, 1.165) is 32.4 Å². The van der Waals surface area contributed by atoms with Gasteiger partial charge in [0, 0.05) is 37.6 Å². The van der Waals surface area contributed by atoms with Gasteiger partial charge in [0.2, 0.25) is 0 Å². The van der Waals surface area contributed by atoms with Gasteiger partial charge in [-0.05, 0) is 39.7 Å². The maximum atomic E-state index is 5.98. The summed E-state index contributed by atoms with van der Waals surface area (Å²) < 4.78 is 0. The molecule has 0 spiro atoms. The first-order valence-corrected chi connectivity index (χ1v) is 6.76. The highest BCUT2D eigenvalue weighted by Gasteiger charge is 2.30. The maximum absolute atomic E-state index is 5.98. The van der Waals surface area contributed by atoms with Crippen LogP contribution in [0.3, 0.4) is 0 Å². The van der Waals surface area contributed by atoms with Gasteiger partial charge >= 0.3 is 0 Å². The van der Waals surface area contributed by atoms with Gasteiger partial charge in [0.15, 0.2) is 0 Å². The molecular formula is C14H27N3. The molecule has 1 heterocycles. The molecule has 3 N–H and O–H groups in total. The smallest absolute Gasteiger partial charge is 0.0317 e. The molecule has 0 bridgehead atoms. The van der Waals surface area contributed by atoms with Crippen molar-refractivity contribution in [2.45, 2.75) is 51.1 Å². The van der Waals surface area contributed by atoms with E-state index < -0.39 is 0 Å². The molecule has 0 aromatic carbocycles. The van der Waals surface area contributed by atoms with Crippen LogP contribution in [-0.4, -0.2) is 42.7 Å². The van der Waals surface area contributed by atoms with Gasteiger partial charge in [-0.25, -0.2) is 0 Å². The van der Waals surface area contributed by atoms with Gasteiger partial charge in [0.1, 0.15) is 0 Å². The molecule has 0 aromatic heterocycles. The van der Waals surface area contributed by atoms with Crippen molar-refractivity contribution in [3.63, 3.8) is 0 Å². The summed E-state index contributed by atoms with van der Waals surface area (Å²) in [6.07, 6.45) is 9.60. The minimum absolute atomic E-state index is 0.112. The summed E-state index contributed by atoms with van der Waals surface area (Å²) in [6, 6.07) is 0.634. The molecule has 1 saturated heterocycles. The van der Waals surface area contributed by atoms with Gasteiger partial charge in [0.05, 0.1) is 0 Å². The minimum atomic E-state index is 0.112. The average molecular weight is 237 g/mol. The molecule has 98 valence electrons. The Balaban J connectivity index is 2.52. The SMILES string of the molecule is C#CCCNC1(CN)CCCN(C(C)C)CC1. The zero-order valence-electron chi connectivity index (χ0n) is 11.3. The molecule has 0 radical (unpaired) electrons. The summed E-state index contributed by atoms with van der Waals surface area (Å²) in [5.41, 5.74) is 6.09. The fourth-order valence-corrected chi connectivity index (χ4v) is 2.58. The maximum Gasteiger partial charge on any atom is 0.0317 e. The quantitative estimate of drug-likeness (QED) is 0.557. The van der Waals surface area contributed by atoms with Crippen molar-refractivity contribution in [3.05, 3.63) is 0 Å². The third-order valence-corrected chi connectivity index (χ3v) is 3.87. The van der Waals surface area contributed by atoms with E-state index in [2.05, 4.69) is 30.0 Å². The second-order valence-electron chi connectivity index (χ2n) is 5.35. The first-order chi connectivity index (χ1) is 8.13. The molecule has 0 amide bonds. The Bertz CT molecular complexity index is 257. The molecule has 0 saturated carbocycles. The number of likely N-dealkylation sites (tertiary alicyclic amines) is 1. The first-order valence-electron chi connectivity index (χ1n) is 6.76. The molecule has 1 aliphatic rings. The molecule has 1 rings (SSSR count). The predicted molar refractivity (Wildman–Crippen MR) is 73.8 cm³/mol. The number of nitrogens with one attached hydrogen (secondary N) is 1. The van der Waals surface area contributed by atoms with Crippen LogP contribution in [0.4, 0.5) is 0 Å². The van der Waals surface area contributed by atoms with E-state index in [4.69, 9.17) is 12.2 Å². The second-order valence-corrected chi connectivity index (χ2v) is 5.35. The highest BCUT2D eigenvalue weighted by Crippen LogP contribution is 2.22. The van der Waals surface area contributed by atoms with Crippen molar-refractivity contribution in [3.8, 4) is 12.3 Å². The van der Waals surface area contributed by atoms with Crippen molar-refractivity contribution in [2.24, 2.45) is 5.73 Å². The van der Waals surface area contributed by atoms with Crippen molar-refractivity contribution in [2.75, 3.05) is 26.2 Å². The van der Waals surface area contributed by atoms with Crippen LogP contribution in [0.1, 0.15) is 39.5 Å². The number of nitrogens with zero attached hydrogens (tertiary/aromatic N) is 1. The van der Waals surface area contributed by atoms with Gasteiger partial charge < -0.3 is 16.0 Å². The molecular weight excluding hydrogens is 210 g/mol. The molecule has 17 heavy (non-hydrogen) atoms. The lowest BCUT2D eigenvalue weighted by molar-refractivity contribution is 0.219. The van der Waals surface area contributed by atoms with E-state index >= 15 is 0 Å². The second kappa shape index (κ2) is 7.00. The molecule has 1 atom stereocenters. The third-order valence-electron chi connectivity index (χ3n) is 3.87. The van der Waals surface area contributed by atoms with E-state index in [1.807, 2.05) is 0 Å². The molecule has 1 fully saturated rings. The summed E-state index contributed by atoms with van der Waals surface area (Å²) >= 11 is 0. The van der Waals surface area contributed by atoms with Gasteiger partial charge in [-0.2, -0.15) is 0 Å². The van der Waals surface area contributed by atoms with Gasteiger partial charge in [-0.15, -0.1) is 12.3 Å². The first kappa shape index (κ1) is 14.5. The summed E-state index contributed by atoms with van der Waals surface area (Å²) in [6.45, 7) is 8.45. The van der Waals surface area contributed by atoms with Crippen LogP contribution in [0.5, 0.6) is 0 Å². The van der Waals surface area contributed by atoms with E-state index in [-0.39, 0.29) is 5.54 Å². The standard InChI is InChI=1S/C14H27N3/c1-4-5-9-16-14(12-15)7-6-10-17(11-8-14)13(2)3/h1,13,16H,5-12,15H2,2-3H3. The van der Waals surface area contributed by atoms with Crippen LogP contribution >= 0.6 is 0 Å². The monoisotopic (exact) mass is 237 g/mol. The Kier molecular flexibility index (Phi) is 5.97. The van der Waals surface area contributed by atoms with Crippen LogP contribution in [0.15, 0.2) is 0 Å². The third kappa shape index (κ3) is 4.31. The number of rotatable bonds is 5. The van der Waals surface area contributed by atoms with Gasteiger partial charge in [0.25, 0.3) is 0 Å². The lowest BCUT2D eigenvalue weighted by Gasteiger charge is -2.33. The van der Waals surface area contributed by atoms with Crippen molar-refractivity contribution >= 4 is 0 Å². The van der Waals surface area contributed by atoms with Gasteiger partial charge in [-0.1, -0.05) is 0 Å². The molecule has 3 heteroatoms. The highest BCUT2D eigenvalue weighted by molar-refractivity contribution is 4.94. The van der Waals surface area contributed by atoms with E-state index in [0.29, 0.717) is 12.6 Å². The molecule has 1 unspecified atom stereocenters. The molecule has 3 nitrogen and oxygen atoms in total. The normalized spacial score (nSPS) is 26.8. The fraction of sp³-hybridized carbons (Fsp3) is 0.857. The number of terminal acetylenes is 1. The van der Waals surface area contributed by atoms with Crippen LogP contribution < -0.4 is 11.1 Å². The van der Waals surface area contributed by atoms with Crippen molar-refractivity contribution in [1.82, 2.24) is 10.2 Å². The fourth-order valence-electron chi connectivity index (χ4n) is 2.58. The summed E-state index contributed by atoms with van der Waals surface area (Å²) in [4.78, 5) is 2.54. The Hall–Kier alpha value is -0.560. The molecule has 0 aromatic rings. The van der Waals surface area contributed by atoms with E-state index in [1.54, 1.807) is 0 Å². The van der Waals surface area contributed by atoms with Crippen molar-refractivity contribution in [1.29, 1.82) is 0 Å². The lowest BCUT2D eigenvalue weighted by Crippen LogP contribution is -2.52. The van der Waals surface area contributed by atoms with Gasteiger partial charge in [-0.3, -0.25) is 0 Å². The lowest BCUT2D eigenvalue weighted by atomic mass is 9.90. The zero-order valence-corrected chi connectivity index (χ0v) is 11.3. The predicted octanol–water partition coefficient (Wildman–Crippen LogP) is 1.19. The zero-order chi connectivity index (χ0) is 12.7. The Morgan fingerprint density at radius 1 is 1.41 bits per heavy atom. The molecule has 0 aliphatic carbocycles. The van der Waals surface area contributed by atoms with E-state index in [9.17, 15) is 0 Å². The summed E-state index contributed by atoms with van der Waals surface area (Å²) in [5.74, 6) is 2.68. The van der Waals surface area contributed by atoms with Crippen molar-refractivity contribution < 1.29 is 0 Å². The van der Waals surface area contributed by atoms with E-state index in [1.165, 1.54) is 13.0 Å². The Labute approximate surface area is 106 Å². The number of hydrogen-bond acceptors (Lipinski definition) is 3. The Morgan fingerprint density at radius 3 is 2.76 bits per heavy atom. The summed E-state index contributed by atoms with van der Waals surface area (Å²) in [5, 5.41) is 3.59.